The van der Waals surface area contributed by atoms with Crippen LogP contribution in [0.3, 0.4) is 0 Å². The van der Waals surface area contributed by atoms with Gasteiger partial charge >= 0.3 is 0 Å². The topological polar surface area (TPSA) is 85.3 Å². The Kier molecular flexibility index (Phi) is 7.99. The highest BCUT2D eigenvalue weighted by molar-refractivity contribution is 5.70. The van der Waals surface area contributed by atoms with Crippen LogP contribution in [0.5, 0.6) is 0 Å². The van der Waals surface area contributed by atoms with Crippen LogP contribution in [0, 0.1) is 19.8 Å². The summed E-state index contributed by atoms with van der Waals surface area (Å²) in [7, 11) is 0. The number of nitrogens with one attached hydrogen (secondary N) is 1. The average molecular weight is 420 g/mol. The van der Waals surface area contributed by atoms with E-state index in [4.69, 9.17) is 10.7 Å². The summed E-state index contributed by atoms with van der Waals surface area (Å²) in [6.07, 6.45) is 7.61. The van der Waals surface area contributed by atoms with Gasteiger partial charge in [-0.2, -0.15) is 9.61 Å². The molecule has 3 aromatic rings. The van der Waals surface area contributed by atoms with E-state index in [0.29, 0.717) is 6.54 Å². The van der Waals surface area contributed by atoms with E-state index in [9.17, 15) is 4.79 Å². The molecular formula is C25H33N5O. The molecule has 1 fully saturated rings. The maximum atomic E-state index is 10.1. The maximum Gasteiger partial charge on any atom is 0.160 e. The third-order valence-electron chi connectivity index (χ3n) is 5.53. The van der Waals surface area contributed by atoms with Crippen molar-refractivity contribution in [1.82, 2.24) is 14.6 Å². The minimum absolute atomic E-state index is 0.389. The van der Waals surface area contributed by atoms with E-state index < -0.39 is 0 Å². The average Bonchev–Trinajstić information content (AvgIpc) is 3.53. The molecule has 164 valence electrons. The number of benzene rings is 1. The molecule has 0 spiro atoms. The summed E-state index contributed by atoms with van der Waals surface area (Å²) in [5.41, 5.74) is 11.4. The number of hydrogen-bond donors (Lipinski definition) is 2. The Bertz CT molecular complexity index is 1060. The monoisotopic (exact) mass is 419 g/mol. The molecule has 31 heavy (non-hydrogen) atoms. The predicted molar refractivity (Wildman–Crippen MR) is 127 cm³/mol. The lowest BCUT2D eigenvalue weighted by atomic mass is 10.1. The van der Waals surface area contributed by atoms with Crippen molar-refractivity contribution in [2.75, 3.05) is 18.4 Å². The summed E-state index contributed by atoms with van der Waals surface area (Å²) in [6, 6.07) is 10.4. The number of aromatic nitrogens is 3. The van der Waals surface area contributed by atoms with Gasteiger partial charge in [-0.25, -0.2) is 9.78 Å². The number of carbonyl (C=O) groups excluding carboxylic acids is 1. The third-order valence-corrected chi connectivity index (χ3v) is 5.53. The summed E-state index contributed by atoms with van der Waals surface area (Å²) in [4.78, 5) is 14.9. The summed E-state index contributed by atoms with van der Waals surface area (Å²) in [5.74, 6) is 3.62. The molecule has 4 rings (SSSR count). The molecule has 0 amide bonds. The normalized spacial score (nSPS) is 12.8. The molecule has 0 radical (unpaired) electrons. The Hall–Kier alpha value is -2.95. The van der Waals surface area contributed by atoms with E-state index in [1.807, 2.05) is 23.6 Å². The second-order valence-electron chi connectivity index (χ2n) is 8.24. The number of fused-ring (bicyclic) bond motifs is 1. The molecule has 6 heteroatoms. The Morgan fingerprint density at radius 1 is 1.26 bits per heavy atom. The highest BCUT2D eigenvalue weighted by Crippen LogP contribution is 2.34. The first-order valence-corrected chi connectivity index (χ1v) is 11.2. The molecule has 3 N–H and O–H groups in total. The highest BCUT2D eigenvalue weighted by Gasteiger charge is 2.22. The Morgan fingerprint density at radius 2 is 2.03 bits per heavy atom. The zero-order chi connectivity index (χ0) is 22.2. The van der Waals surface area contributed by atoms with Gasteiger partial charge in [0.25, 0.3) is 0 Å². The minimum atomic E-state index is 0.389. The molecular weight excluding hydrogens is 386 g/mol. The largest absolute Gasteiger partial charge is 0.370 e. The molecule has 1 saturated carbocycles. The number of hydrogen-bond acceptors (Lipinski definition) is 5. The second-order valence-corrected chi connectivity index (χ2v) is 8.24. The lowest BCUT2D eigenvalue weighted by molar-refractivity contribution is 0.564. The van der Waals surface area contributed by atoms with Crippen molar-refractivity contribution in [2.24, 2.45) is 11.7 Å². The Morgan fingerprint density at radius 3 is 2.68 bits per heavy atom. The van der Waals surface area contributed by atoms with E-state index in [1.54, 1.807) is 0 Å². The first kappa shape index (κ1) is 22.7. The van der Waals surface area contributed by atoms with Crippen molar-refractivity contribution in [1.29, 1.82) is 0 Å². The fraction of sp³-hybridized carbons (Fsp3) is 0.440. The summed E-state index contributed by atoms with van der Waals surface area (Å²) < 4.78 is 1.90. The Balaban J connectivity index is 0.000000254. The summed E-state index contributed by atoms with van der Waals surface area (Å²) in [5, 5.41) is 7.94. The van der Waals surface area contributed by atoms with Gasteiger partial charge in [-0.05, 0) is 51.0 Å². The van der Waals surface area contributed by atoms with Crippen LogP contribution in [0.1, 0.15) is 50.2 Å². The van der Waals surface area contributed by atoms with Crippen LogP contribution in [0.15, 0.2) is 42.1 Å². The van der Waals surface area contributed by atoms with Gasteiger partial charge in [0.1, 0.15) is 11.8 Å². The highest BCUT2D eigenvalue weighted by atomic mass is 16.1. The first-order valence-electron chi connectivity index (χ1n) is 11.2. The number of nitrogens with zero attached hydrogens (tertiary/aromatic N) is 3. The summed E-state index contributed by atoms with van der Waals surface area (Å²) >= 11 is 0. The number of unbranched alkanes of at least 4 members (excludes halogenated alkanes) is 1. The van der Waals surface area contributed by atoms with Gasteiger partial charge in [-0.15, -0.1) is 0 Å². The van der Waals surface area contributed by atoms with Crippen LogP contribution in [0.2, 0.25) is 0 Å². The molecule has 0 unspecified atom stereocenters. The number of aryl methyl sites for hydroxylation is 2. The standard InChI is InChI=1S/C18H22N4.C7H11NO/c1-4-5-10-19-17-11-16(15-9-7-6-8-13(15)2)21-18-14(3)12-20-22(17)18;8-4-7(5-9)3-6-1-2-6/h6-9,11-12,19H,4-5,10H2,1-3H3;6H,1-4,8H2. The van der Waals surface area contributed by atoms with Crippen LogP contribution in [-0.2, 0) is 4.79 Å². The molecule has 2 aromatic heterocycles. The molecule has 6 nitrogen and oxygen atoms in total. The quantitative estimate of drug-likeness (QED) is 0.407. The minimum Gasteiger partial charge on any atom is -0.370 e. The molecule has 0 saturated heterocycles. The van der Waals surface area contributed by atoms with E-state index >= 15 is 0 Å². The first-order chi connectivity index (χ1) is 15.1. The lowest BCUT2D eigenvalue weighted by Gasteiger charge is -2.12. The van der Waals surface area contributed by atoms with E-state index in [2.05, 4.69) is 54.6 Å². The number of rotatable bonds is 8. The smallest absolute Gasteiger partial charge is 0.160 e. The molecule has 0 atom stereocenters. The number of nitrogens with two attached hydrogens (primary N) is 1. The predicted octanol–water partition coefficient (Wildman–Crippen LogP) is 4.73. The fourth-order valence-corrected chi connectivity index (χ4v) is 3.43. The molecule has 1 aliphatic rings. The summed E-state index contributed by atoms with van der Waals surface area (Å²) in [6.45, 7) is 7.70. The fourth-order valence-electron chi connectivity index (χ4n) is 3.43. The van der Waals surface area contributed by atoms with Crippen LogP contribution in [0.25, 0.3) is 16.9 Å². The van der Waals surface area contributed by atoms with Gasteiger partial charge in [0.15, 0.2) is 5.65 Å². The van der Waals surface area contributed by atoms with Gasteiger partial charge in [-0.3, -0.25) is 0 Å². The molecule has 1 aromatic carbocycles. The molecule has 1 aliphatic carbocycles. The Labute approximate surface area is 184 Å². The van der Waals surface area contributed by atoms with Crippen LogP contribution in [-0.4, -0.2) is 33.6 Å². The molecule has 2 heterocycles. The maximum absolute atomic E-state index is 10.1. The van der Waals surface area contributed by atoms with Gasteiger partial charge < -0.3 is 11.1 Å². The van der Waals surface area contributed by atoms with Crippen molar-refractivity contribution in [2.45, 2.75) is 52.9 Å². The SMILES string of the molecule is CCCCNc1cc(-c2ccccc2C)nc2c(C)cnn12.NCC(=C=O)CC1CC1. The number of anilines is 1. The van der Waals surface area contributed by atoms with Crippen molar-refractivity contribution < 1.29 is 4.79 Å². The van der Waals surface area contributed by atoms with E-state index in [1.165, 1.54) is 30.4 Å². The molecule has 0 bridgehead atoms. The molecule has 0 aliphatic heterocycles. The zero-order valence-electron chi connectivity index (χ0n) is 18.8. The van der Waals surface area contributed by atoms with Crippen molar-refractivity contribution in [3.05, 3.63) is 53.2 Å². The van der Waals surface area contributed by atoms with Crippen molar-refractivity contribution in [3.8, 4) is 11.3 Å². The van der Waals surface area contributed by atoms with Gasteiger partial charge in [-0.1, -0.05) is 37.6 Å². The third kappa shape index (κ3) is 6.03. The van der Waals surface area contributed by atoms with Crippen LogP contribution < -0.4 is 11.1 Å². The lowest BCUT2D eigenvalue weighted by Crippen LogP contribution is -2.08. The van der Waals surface area contributed by atoms with E-state index in [-0.39, 0.29) is 0 Å². The van der Waals surface area contributed by atoms with Gasteiger partial charge in [0, 0.05) is 35.9 Å². The van der Waals surface area contributed by atoms with Gasteiger partial charge in [0.05, 0.1) is 11.9 Å². The van der Waals surface area contributed by atoms with Crippen molar-refractivity contribution in [3.63, 3.8) is 0 Å². The van der Waals surface area contributed by atoms with E-state index in [0.717, 1.165) is 53.6 Å². The second kappa shape index (κ2) is 10.9. The zero-order valence-corrected chi connectivity index (χ0v) is 18.8. The van der Waals surface area contributed by atoms with Crippen molar-refractivity contribution >= 4 is 17.4 Å². The van der Waals surface area contributed by atoms with Crippen LogP contribution >= 0.6 is 0 Å². The van der Waals surface area contributed by atoms with Crippen LogP contribution in [0.4, 0.5) is 5.82 Å². The van der Waals surface area contributed by atoms with Gasteiger partial charge in [0.2, 0.25) is 0 Å².